The molecule has 0 aliphatic heterocycles. The van der Waals surface area contributed by atoms with E-state index >= 15 is 0 Å². The molecule has 2 aromatic rings. The summed E-state index contributed by atoms with van der Waals surface area (Å²) in [6.45, 7) is 6.37. The summed E-state index contributed by atoms with van der Waals surface area (Å²) in [4.78, 5) is 24.4. The number of aryl methyl sites for hydroxylation is 2. The topological polar surface area (TPSA) is 90.7 Å². The maximum absolute atomic E-state index is 12.2. The molecule has 0 bridgehead atoms. The van der Waals surface area contributed by atoms with Gasteiger partial charge in [-0.15, -0.1) is 0 Å². The quantitative estimate of drug-likeness (QED) is 0.606. The van der Waals surface area contributed by atoms with E-state index in [1.807, 2.05) is 26.0 Å². The summed E-state index contributed by atoms with van der Waals surface area (Å²) >= 11 is 0. The minimum absolute atomic E-state index is 0.102. The molecule has 1 heterocycles. The number of nitrogens with zero attached hydrogens (tertiary/aromatic N) is 1. The molecule has 7 nitrogen and oxygen atoms in total. The molecule has 1 aliphatic carbocycles. The first-order valence-electron chi connectivity index (χ1n) is 11.0. The minimum Gasteiger partial charge on any atom is -0.489 e. The number of rotatable bonds is 9. The van der Waals surface area contributed by atoms with Crippen LogP contribution in [0.15, 0.2) is 28.8 Å². The number of benzene rings is 1. The van der Waals surface area contributed by atoms with Gasteiger partial charge >= 0.3 is 5.97 Å². The monoisotopic (exact) mass is 428 g/mol. The molecule has 0 saturated heterocycles. The van der Waals surface area contributed by atoms with Crippen LogP contribution in [0.2, 0.25) is 0 Å². The predicted molar refractivity (Wildman–Crippen MR) is 116 cm³/mol. The lowest BCUT2D eigenvalue weighted by molar-refractivity contribution is -0.154. The molecule has 1 aromatic heterocycles. The fourth-order valence-electron chi connectivity index (χ4n) is 3.81. The molecule has 0 spiro atoms. The second kappa shape index (κ2) is 11.0. The van der Waals surface area contributed by atoms with Crippen LogP contribution in [-0.4, -0.2) is 29.7 Å². The molecule has 1 fully saturated rings. The molecule has 3 rings (SSSR count). The Morgan fingerprint density at radius 2 is 1.87 bits per heavy atom. The molecule has 0 radical (unpaired) electrons. The van der Waals surface area contributed by atoms with E-state index in [2.05, 4.69) is 10.5 Å². The summed E-state index contributed by atoms with van der Waals surface area (Å²) in [7, 11) is 0. The standard InChI is InChI=1S/C24H32N2O5/c1-16-22(17(2)31-26-16)15-29-21-11-9-19(10-12-21)13-23(27)30-18(3)24(28)25-14-20-7-5-4-6-8-20/h9-12,18,20H,4-8,13-15H2,1-3H3,(H,25,28)/t18-/m0/s1. The molecule has 1 aromatic carbocycles. The minimum atomic E-state index is -0.797. The summed E-state index contributed by atoms with van der Waals surface area (Å²) in [6.07, 6.45) is 5.37. The number of aromatic nitrogens is 1. The van der Waals surface area contributed by atoms with Crippen molar-refractivity contribution >= 4 is 11.9 Å². The number of hydrogen-bond donors (Lipinski definition) is 1. The van der Waals surface area contributed by atoms with Gasteiger partial charge in [0.25, 0.3) is 5.91 Å². The molecule has 0 unspecified atom stereocenters. The number of carbonyl (C=O) groups excluding carboxylic acids is 2. The van der Waals surface area contributed by atoms with Crippen molar-refractivity contribution in [3.63, 3.8) is 0 Å². The van der Waals surface area contributed by atoms with Gasteiger partial charge in [0.15, 0.2) is 6.10 Å². The first-order valence-corrected chi connectivity index (χ1v) is 11.0. The average molecular weight is 429 g/mol. The Bertz CT molecular complexity index is 849. The van der Waals surface area contributed by atoms with Crippen LogP contribution in [0.25, 0.3) is 0 Å². The normalized spacial score (nSPS) is 15.3. The zero-order chi connectivity index (χ0) is 22.2. The van der Waals surface area contributed by atoms with Crippen molar-refractivity contribution in [1.82, 2.24) is 10.5 Å². The highest BCUT2D eigenvalue weighted by Crippen LogP contribution is 2.23. The summed E-state index contributed by atoms with van der Waals surface area (Å²) in [5, 5.41) is 6.83. The zero-order valence-electron chi connectivity index (χ0n) is 18.6. The first kappa shape index (κ1) is 22.8. The summed E-state index contributed by atoms with van der Waals surface area (Å²) in [5.41, 5.74) is 2.54. The van der Waals surface area contributed by atoms with Gasteiger partial charge in [0.05, 0.1) is 17.7 Å². The van der Waals surface area contributed by atoms with Gasteiger partial charge in [0.2, 0.25) is 0 Å². The number of carbonyl (C=O) groups is 2. The van der Waals surface area contributed by atoms with E-state index in [9.17, 15) is 9.59 Å². The number of nitrogens with one attached hydrogen (secondary N) is 1. The SMILES string of the molecule is Cc1noc(C)c1COc1ccc(CC(=O)O[C@@H](C)C(=O)NCC2CCCCC2)cc1. The lowest BCUT2D eigenvalue weighted by atomic mass is 9.89. The Kier molecular flexibility index (Phi) is 8.09. The smallest absolute Gasteiger partial charge is 0.311 e. The molecule has 1 N–H and O–H groups in total. The zero-order valence-corrected chi connectivity index (χ0v) is 18.6. The highest BCUT2D eigenvalue weighted by atomic mass is 16.5. The van der Waals surface area contributed by atoms with E-state index in [4.69, 9.17) is 14.0 Å². The van der Waals surface area contributed by atoms with E-state index in [0.29, 0.717) is 24.8 Å². The van der Waals surface area contributed by atoms with Crippen LogP contribution in [0.5, 0.6) is 5.75 Å². The van der Waals surface area contributed by atoms with Gasteiger partial charge < -0.3 is 19.3 Å². The van der Waals surface area contributed by atoms with Gasteiger partial charge in [0, 0.05) is 6.54 Å². The van der Waals surface area contributed by atoms with E-state index < -0.39 is 12.1 Å². The molecule has 1 amide bonds. The van der Waals surface area contributed by atoms with Crippen LogP contribution in [0.1, 0.15) is 61.6 Å². The maximum Gasteiger partial charge on any atom is 0.311 e. The number of esters is 1. The largest absolute Gasteiger partial charge is 0.489 e. The van der Waals surface area contributed by atoms with Gasteiger partial charge in [-0.2, -0.15) is 0 Å². The van der Waals surface area contributed by atoms with Crippen molar-refractivity contribution in [2.75, 3.05) is 6.54 Å². The van der Waals surface area contributed by atoms with Crippen molar-refractivity contribution in [1.29, 1.82) is 0 Å². The Hall–Kier alpha value is -2.83. The lowest BCUT2D eigenvalue weighted by Crippen LogP contribution is -2.39. The van der Waals surface area contributed by atoms with Crippen LogP contribution in [0.3, 0.4) is 0 Å². The third kappa shape index (κ3) is 6.84. The third-order valence-corrected chi connectivity index (χ3v) is 5.80. The fraction of sp³-hybridized carbons (Fsp3) is 0.542. The number of amides is 1. The molecule has 1 saturated carbocycles. The fourth-order valence-corrected chi connectivity index (χ4v) is 3.81. The van der Waals surface area contributed by atoms with Gasteiger partial charge in [-0.1, -0.05) is 36.6 Å². The van der Waals surface area contributed by atoms with Crippen LogP contribution >= 0.6 is 0 Å². The molecule has 1 aliphatic rings. The molecule has 168 valence electrons. The Balaban J connectivity index is 1.40. The molecule has 7 heteroatoms. The maximum atomic E-state index is 12.2. The summed E-state index contributed by atoms with van der Waals surface area (Å²) < 4.78 is 16.2. The lowest BCUT2D eigenvalue weighted by Gasteiger charge is -2.22. The highest BCUT2D eigenvalue weighted by molar-refractivity contribution is 5.83. The predicted octanol–water partition coefficient (Wildman–Crippen LogP) is 4.04. The Labute approximate surface area is 183 Å². The van der Waals surface area contributed by atoms with Crippen LogP contribution in [0.4, 0.5) is 0 Å². The van der Waals surface area contributed by atoms with Crippen LogP contribution in [-0.2, 0) is 27.4 Å². The highest BCUT2D eigenvalue weighted by Gasteiger charge is 2.20. The average Bonchev–Trinajstić information content (AvgIpc) is 3.09. The molecule has 1 atom stereocenters. The van der Waals surface area contributed by atoms with Gasteiger partial charge in [0.1, 0.15) is 18.1 Å². The van der Waals surface area contributed by atoms with Crippen molar-refractivity contribution in [2.24, 2.45) is 5.92 Å². The van der Waals surface area contributed by atoms with Crippen molar-refractivity contribution in [3.8, 4) is 5.75 Å². The summed E-state index contributed by atoms with van der Waals surface area (Å²) in [6, 6.07) is 7.25. The van der Waals surface area contributed by atoms with Gasteiger partial charge in [-0.3, -0.25) is 9.59 Å². The second-order valence-corrected chi connectivity index (χ2v) is 8.29. The van der Waals surface area contributed by atoms with Crippen molar-refractivity contribution in [2.45, 2.75) is 72.0 Å². The van der Waals surface area contributed by atoms with E-state index in [1.165, 1.54) is 19.3 Å². The van der Waals surface area contributed by atoms with E-state index in [-0.39, 0.29) is 12.3 Å². The van der Waals surface area contributed by atoms with Crippen LogP contribution in [0, 0.1) is 19.8 Å². The van der Waals surface area contributed by atoms with E-state index in [0.717, 1.165) is 35.4 Å². The van der Waals surface area contributed by atoms with Crippen molar-refractivity contribution in [3.05, 3.63) is 46.8 Å². The number of hydrogen-bond acceptors (Lipinski definition) is 6. The second-order valence-electron chi connectivity index (χ2n) is 8.29. The molecular formula is C24H32N2O5. The molecular weight excluding hydrogens is 396 g/mol. The Morgan fingerprint density at radius 3 is 2.52 bits per heavy atom. The van der Waals surface area contributed by atoms with Crippen molar-refractivity contribution < 1.29 is 23.6 Å². The Morgan fingerprint density at radius 1 is 1.16 bits per heavy atom. The first-order chi connectivity index (χ1) is 14.9. The van der Waals surface area contributed by atoms with E-state index in [1.54, 1.807) is 19.1 Å². The van der Waals surface area contributed by atoms with Crippen LogP contribution < -0.4 is 10.1 Å². The third-order valence-electron chi connectivity index (χ3n) is 5.80. The molecule has 31 heavy (non-hydrogen) atoms. The van der Waals surface area contributed by atoms with Gasteiger partial charge in [-0.05, 0) is 57.2 Å². The number of ether oxygens (including phenoxy) is 2. The summed E-state index contributed by atoms with van der Waals surface area (Å²) in [5.74, 6) is 1.31. The van der Waals surface area contributed by atoms with Gasteiger partial charge in [-0.25, -0.2) is 0 Å².